The molecule has 1 heterocycles. The van der Waals surface area contributed by atoms with Crippen LogP contribution in [-0.2, 0) is 6.42 Å². The monoisotopic (exact) mass is 378 g/mol. The topological polar surface area (TPSA) is 47.9 Å². The summed E-state index contributed by atoms with van der Waals surface area (Å²) >= 11 is 0. The molecule has 0 unspecified atom stereocenters. The van der Waals surface area contributed by atoms with Crippen LogP contribution in [-0.4, -0.2) is 55.4 Å². The Morgan fingerprint density at radius 2 is 1.79 bits per heavy atom. The van der Waals surface area contributed by atoms with E-state index < -0.39 is 0 Å². The lowest BCUT2D eigenvalue weighted by Crippen LogP contribution is -2.40. The molecule has 3 rings (SSSR count). The molecule has 1 saturated heterocycles. The Bertz CT molecular complexity index is 795. The highest BCUT2D eigenvalue weighted by Gasteiger charge is 2.15. The summed E-state index contributed by atoms with van der Waals surface area (Å²) in [5.41, 5.74) is 2.92. The van der Waals surface area contributed by atoms with Crippen LogP contribution in [0.25, 0.3) is 0 Å². The van der Waals surface area contributed by atoms with Crippen molar-refractivity contribution in [3.63, 3.8) is 0 Å². The van der Waals surface area contributed by atoms with Crippen molar-refractivity contribution in [2.45, 2.75) is 25.7 Å². The first kappa shape index (κ1) is 19.9. The van der Waals surface area contributed by atoms with Gasteiger partial charge in [-0.15, -0.1) is 0 Å². The van der Waals surface area contributed by atoms with E-state index in [1.54, 1.807) is 19.0 Å². The third-order valence-electron chi connectivity index (χ3n) is 4.93. The number of aliphatic imine (C=N–C) groups is 1. The van der Waals surface area contributed by atoms with E-state index in [2.05, 4.69) is 28.4 Å². The Hall–Kier alpha value is -2.82. The van der Waals surface area contributed by atoms with E-state index in [0.29, 0.717) is 6.54 Å². The Kier molecular flexibility index (Phi) is 7.06. The highest BCUT2D eigenvalue weighted by Crippen LogP contribution is 2.13. The predicted molar refractivity (Wildman–Crippen MR) is 116 cm³/mol. The molecule has 1 amide bonds. The zero-order chi connectivity index (χ0) is 19.8. The standard InChI is InChI=1S/C23H30N4O/c1-26(2)22(28)20-11-9-10-19(18-20)14-15-24-23(27-16-7-4-8-17-27)25-21-12-5-3-6-13-21/h3,5-6,9-13,18H,4,7-8,14-17H2,1-2H3,(H,24,25). The Balaban J connectivity index is 1.69. The Morgan fingerprint density at radius 1 is 1.04 bits per heavy atom. The summed E-state index contributed by atoms with van der Waals surface area (Å²) in [6.07, 6.45) is 4.53. The van der Waals surface area contributed by atoms with Gasteiger partial charge in [0.25, 0.3) is 5.91 Å². The minimum atomic E-state index is 0.0325. The molecule has 0 spiro atoms. The van der Waals surface area contributed by atoms with Crippen LogP contribution in [0.4, 0.5) is 5.69 Å². The molecule has 5 heteroatoms. The van der Waals surface area contributed by atoms with E-state index in [1.165, 1.54) is 19.3 Å². The highest BCUT2D eigenvalue weighted by atomic mass is 16.2. The van der Waals surface area contributed by atoms with Crippen LogP contribution < -0.4 is 5.32 Å². The normalized spacial score (nSPS) is 14.6. The van der Waals surface area contributed by atoms with E-state index in [0.717, 1.165) is 42.3 Å². The van der Waals surface area contributed by atoms with E-state index >= 15 is 0 Å². The van der Waals surface area contributed by atoms with Crippen LogP contribution in [0.3, 0.4) is 0 Å². The molecule has 1 fully saturated rings. The highest BCUT2D eigenvalue weighted by molar-refractivity contribution is 5.94. The number of nitrogens with one attached hydrogen (secondary N) is 1. The third kappa shape index (κ3) is 5.59. The zero-order valence-electron chi connectivity index (χ0n) is 16.9. The minimum absolute atomic E-state index is 0.0325. The first-order valence-electron chi connectivity index (χ1n) is 10.1. The van der Waals surface area contributed by atoms with E-state index in [-0.39, 0.29) is 5.91 Å². The molecular formula is C23H30N4O. The van der Waals surface area contributed by atoms with Crippen molar-refractivity contribution in [1.29, 1.82) is 0 Å². The summed E-state index contributed by atoms with van der Waals surface area (Å²) in [6.45, 7) is 2.78. The number of carbonyl (C=O) groups excluding carboxylic acids is 1. The number of hydrogen-bond acceptors (Lipinski definition) is 2. The number of likely N-dealkylation sites (tertiary alicyclic amines) is 1. The lowest BCUT2D eigenvalue weighted by atomic mass is 10.1. The molecule has 2 aromatic rings. The number of para-hydroxylation sites is 1. The number of nitrogens with zero attached hydrogens (tertiary/aromatic N) is 3. The summed E-state index contributed by atoms with van der Waals surface area (Å²) in [5, 5.41) is 3.49. The van der Waals surface area contributed by atoms with Gasteiger partial charge in [0.05, 0.1) is 0 Å². The van der Waals surface area contributed by atoms with Gasteiger partial charge in [-0.3, -0.25) is 9.79 Å². The molecule has 2 aromatic carbocycles. The first-order valence-corrected chi connectivity index (χ1v) is 10.1. The van der Waals surface area contributed by atoms with Gasteiger partial charge in [-0.2, -0.15) is 0 Å². The minimum Gasteiger partial charge on any atom is -0.345 e. The number of guanidine groups is 1. The molecule has 0 aromatic heterocycles. The van der Waals surface area contributed by atoms with Gasteiger partial charge >= 0.3 is 0 Å². The molecule has 28 heavy (non-hydrogen) atoms. The van der Waals surface area contributed by atoms with Crippen molar-refractivity contribution in [2.75, 3.05) is 39.0 Å². The largest absolute Gasteiger partial charge is 0.345 e. The predicted octanol–water partition coefficient (Wildman–Crippen LogP) is 3.88. The SMILES string of the molecule is CN(C)C(=O)c1cccc(CCN=C(Nc2ccccc2)N2CCCCC2)c1. The van der Waals surface area contributed by atoms with Crippen LogP contribution in [0.2, 0.25) is 0 Å². The number of hydrogen-bond donors (Lipinski definition) is 1. The Morgan fingerprint density at radius 3 is 2.50 bits per heavy atom. The first-order chi connectivity index (χ1) is 13.6. The van der Waals surface area contributed by atoms with Gasteiger partial charge in [0.1, 0.15) is 0 Å². The van der Waals surface area contributed by atoms with Crippen LogP contribution >= 0.6 is 0 Å². The van der Waals surface area contributed by atoms with E-state index in [4.69, 9.17) is 4.99 Å². The van der Waals surface area contributed by atoms with Gasteiger partial charge < -0.3 is 15.1 Å². The average molecular weight is 379 g/mol. The molecule has 0 saturated carbocycles. The fraction of sp³-hybridized carbons (Fsp3) is 0.391. The van der Waals surface area contributed by atoms with Crippen molar-refractivity contribution >= 4 is 17.6 Å². The van der Waals surface area contributed by atoms with Crippen LogP contribution in [0.15, 0.2) is 59.6 Å². The number of piperidine rings is 1. The summed E-state index contributed by atoms with van der Waals surface area (Å²) in [6, 6.07) is 18.1. The average Bonchev–Trinajstić information content (AvgIpc) is 2.74. The zero-order valence-corrected chi connectivity index (χ0v) is 16.9. The third-order valence-corrected chi connectivity index (χ3v) is 4.93. The maximum absolute atomic E-state index is 12.2. The summed E-state index contributed by atoms with van der Waals surface area (Å²) in [5.74, 6) is 0.983. The van der Waals surface area contributed by atoms with Crippen molar-refractivity contribution in [3.05, 3.63) is 65.7 Å². The summed E-state index contributed by atoms with van der Waals surface area (Å²) in [4.78, 5) is 21.0. The van der Waals surface area contributed by atoms with Crippen molar-refractivity contribution in [1.82, 2.24) is 9.80 Å². The van der Waals surface area contributed by atoms with Gasteiger partial charge in [0.2, 0.25) is 0 Å². The molecule has 0 atom stereocenters. The lowest BCUT2D eigenvalue weighted by molar-refractivity contribution is 0.0827. The molecule has 5 nitrogen and oxygen atoms in total. The smallest absolute Gasteiger partial charge is 0.253 e. The van der Waals surface area contributed by atoms with Gasteiger partial charge in [-0.1, -0.05) is 30.3 Å². The molecular weight excluding hydrogens is 348 g/mol. The summed E-state index contributed by atoms with van der Waals surface area (Å²) in [7, 11) is 3.55. The maximum Gasteiger partial charge on any atom is 0.253 e. The van der Waals surface area contributed by atoms with Gasteiger partial charge in [-0.25, -0.2) is 0 Å². The number of amides is 1. The van der Waals surface area contributed by atoms with Crippen LogP contribution in [0.5, 0.6) is 0 Å². The van der Waals surface area contributed by atoms with Crippen molar-refractivity contribution in [2.24, 2.45) is 4.99 Å². The molecule has 0 radical (unpaired) electrons. The molecule has 1 aliphatic rings. The second-order valence-corrected chi connectivity index (χ2v) is 7.39. The fourth-order valence-corrected chi connectivity index (χ4v) is 3.38. The van der Waals surface area contributed by atoms with Crippen LogP contribution in [0.1, 0.15) is 35.2 Å². The molecule has 148 valence electrons. The van der Waals surface area contributed by atoms with Gasteiger partial charge in [0, 0.05) is 45.0 Å². The van der Waals surface area contributed by atoms with Crippen LogP contribution in [0, 0.1) is 0 Å². The second kappa shape index (κ2) is 9.93. The molecule has 0 bridgehead atoms. The number of rotatable bonds is 5. The summed E-state index contributed by atoms with van der Waals surface area (Å²) < 4.78 is 0. The quantitative estimate of drug-likeness (QED) is 0.634. The number of benzene rings is 2. The van der Waals surface area contributed by atoms with Gasteiger partial charge in [0.15, 0.2) is 5.96 Å². The molecule has 1 N–H and O–H groups in total. The van der Waals surface area contributed by atoms with E-state index in [9.17, 15) is 4.79 Å². The molecule has 1 aliphatic heterocycles. The fourth-order valence-electron chi connectivity index (χ4n) is 3.38. The van der Waals surface area contributed by atoms with Gasteiger partial charge in [-0.05, 0) is 55.5 Å². The number of carbonyl (C=O) groups is 1. The number of anilines is 1. The van der Waals surface area contributed by atoms with Crippen molar-refractivity contribution in [3.8, 4) is 0 Å². The second-order valence-electron chi connectivity index (χ2n) is 7.39. The lowest BCUT2D eigenvalue weighted by Gasteiger charge is -2.30. The van der Waals surface area contributed by atoms with E-state index in [1.807, 2.05) is 36.4 Å². The van der Waals surface area contributed by atoms with Crippen molar-refractivity contribution < 1.29 is 4.79 Å². The molecule has 0 aliphatic carbocycles. The maximum atomic E-state index is 12.2. The Labute approximate surface area is 168 Å².